The van der Waals surface area contributed by atoms with Crippen LogP contribution in [0, 0.1) is 10.1 Å². The van der Waals surface area contributed by atoms with E-state index in [0.29, 0.717) is 13.1 Å². The monoisotopic (exact) mass is 350 g/mol. The highest BCUT2D eigenvalue weighted by molar-refractivity contribution is 7.09. The van der Waals surface area contributed by atoms with Gasteiger partial charge in [-0.3, -0.25) is 19.8 Å². The fourth-order valence-corrected chi connectivity index (χ4v) is 2.83. The first kappa shape index (κ1) is 17.9. The number of thiophene rings is 1. The van der Waals surface area contributed by atoms with Crippen LogP contribution in [-0.2, 0) is 13.0 Å². The van der Waals surface area contributed by atoms with Crippen LogP contribution in [0.1, 0.15) is 11.8 Å². The summed E-state index contributed by atoms with van der Waals surface area (Å²) in [5, 5.41) is 20.0. The maximum atomic E-state index is 10.6. The van der Waals surface area contributed by atoms with Crippen LogP contribution in [0.3, 0.4) is 0 Å². The number of nitrogens with zero attached hydrogens (tertiary/aromatic N) is 5. The lowest BCUT2D eigenvalue weighted by Crippen LogP contribution is -2.40. The molecule has 0 spiro atoms. The van der Waals surface area contributed by atoms with E-state index in [-0.39, 0.29) is 5.69 Å². The molecule has 0 aliphatic rings. The quantitative estimate of drug-likeness (QED) is 0.340. The predicted molar refractivity (Wildman–Crippen MR) is 95.5 cm³/mol. The Morgan fingerprint density at radius 3 is 3.04 bits per heavy atom. The number of hydrogen-bond acceptors (Lipinski definition) is 5. The highest BCUT2D eigenvalue weighted by Gasteiger charge is 2.09. The van der Waals surface area contributed by atoms with Crippen LogP contribution in [0.2, 0.25) is 0 Å². The molecule has 0 radical (unpaired) electrons. The Morgan fingerprint density at radius 2 is 2.42 bits per heavy atom. The topological polar surface area (TPSA) is 88.6 Å². The van der Waals surface area contributed by atoms with Crippen molar-refractivity contribution in [1.82, 2.24) is 20.0 Å². The van der Waals surface area contributed by atoms with Crippen molar-refractivity contribution in [3.63, 3.8) is 0 Å². The molecule has 2 heterocycles. The smallest absolute Gasteiger partial charge is 0.306 e. The minimum Gasteiger partial charge on any atom is -0.357 e. The van der Waals surface area contributed by atoms with Crippen LogP contribution >= 0.6 is 11.3 Å². The van der Waals surface area contributed by atoms with E-state index in [9.17, 15) is 10.1 Å². The number of likely N-dealkylation sites (N-methyl/N-ethyl adjacent to an activating group) is 1. The molecule has 0 aliphatic heterocycles. The summed E-state index contributed by atoms with van der Waals surface area (Å²) in [5.74, 6) is 0.829. The average Bonchev–Trinajstić information content (AvgIpc) is 3.23. The van der Waals surface area contributed by atoms with Gasteiger partial charge in [0.25, 0.3) is 0 Å². The Morgan fingerprint density at radius 1 is 1.58 bits per heavy atom. The van der Waals surface area contributed by atoms with E-state index in [4.69, 9.17) is 0 Å². The fourth-order valence-electron chi connectivity index (χ4n) is 2.14. The summed E-state index contributed by atoms with van der Waals surface area (Å²) < 4.78 is 1.54. The molecule has 24 heavy (non-hydrogen) atoms. The third-order valence-electron chi connectivity index (χ3n) is 3.39. The Kier molecular flexibility index (Phi) is 6.74. The van der Waals surface area contributed by atoms with Crippen LogP contribution < -0.4 is 5.32 Å². The molecule has 2 aromatic heterocycles. The SMILES string of the molecule is CCNC(=NCCn1cc([N+](=O)[O-])cn1)N(C)CCc1cccs1. The van der Waals surface area contributed by atoms with Crippen LogP contribution in [0.4, 0.5) is 5.69 Å². The number of aliphatic imine (C=N–C) groups is 1. The van der Waals surface area contributed by atoms with Crippen molar-refractivity contribution in [3.05, 3.63) is 44.9 Å². The molecule has 9 heteroatoms. The second kappa shape index (κ2) is 9.02. The van der Waals surface area contributed by atoms with Gasteiger partial charge in [-0.2, -0.15) is 5.10 Å². The van der Waals surface area contributed by atoms with E-state index in [2.05, 4.69) is 37.8 Å². The molecule has 0 aromatic carbocycles. The Bertz CT molecular complexity index is 667. The summed E-state index contributed by atoms with van der Waals surface area (Å²) in [5.41, 5.74) is -0.000970. The largest absolute Gasteiger partial charge is 0.357 e. The lowest BCUT2D eigenvalue weighted by Gasteiger charge is -2.21. The zero-order valence-corrected chi connectivity index (χ0v) is 14.7. The van der Waals surface area contributed by atoms with Crippen LogP contribution in [0.5, 0.6) is 0 Å². The van der Waals surface area contributed by atoms with Gasteiger partial charge in [0.05, 0.1) is 18.0 Å². The van der Waals surface area contributed by atoms with Crippen molar-refractivity contribution in [2.75, 3.05) is 26.7 Å². The first-order chi connectivity index (χ1) is 11.6. The first-order valence-corrected chi connectivity index (χ1v) is 8.66. The van der Waals surface area contributed by atoms with Gasteiger partial charge in [-0.15, -0.1) is 11.3 Å². The van der Waals surface area contributed by atoms with Gasteiger partial charge >= 0.3 is 5.69 Å². The van der Waals surface area contributed by atoms with E-state index in [1.54, 1.807) is 11.3 Å². The molecular weight excluding hydrogens is 328 g/mol. The van der Waals surface area contributed by atoms with Gasteiger partial charge in [-0.05, 0) is 24.8 Å². The molecule has 2 aromatic rings. The third-order valence-corrected chi connectivity index (χ3v) is 4.33. The molecule has 0 saturated carbocycles. The molecule has 0 unspecified atom stereocenters. The molecule has 0 fully saturated rings. The minimum atomic E-state index is -0.449. The molecular formula is C15H22N6O2S. The maximum absolute atomic E-state index is 10.6. The van der Waals surface area contributed by atoms with Gasteiger partial charge in [0.1, 0.15) is 12.4 Å². The number of guanidine groups is 1. The Labute approximate surface area is 145 Å². The van der Waals surface area contributed by atoms with Gasteiger partial charge in [-0.25, -0.2) is 0 Å². The molecule has 130 valence electrons. The minimum absolute atomic E-state index is 0.000970. The van der Waals surface area contributed by atoms with Crippen molar-refractivity contribution in [3.8, 4) is 0 Å². The summed E-state index contributed by atoms with van der Waals surface area (Å²) in [6.07, 6.45) is 3.65. The van der Waals surface area contributed by atoms with E-state index in [1.165, 1.54) is 22.0 Å². The van der Waals surface area contributed by atoms with Gasteiger partial charge in [-0.1, -0.05) is 6.07 Å². The molecule has 1 N–H and O–H groups in total. The van der Waals surface area contributed by atoms with Gasteiger partial charge in [0, 0.05) is 25.0 Å². The van der Waals surface area contributed by atoms with Crippen molar-refractivity contribution < 1.29 is 4.92 Å². The number of nitrogens with one attached hydrogen (secondary N) is 1. The van der Waals surface area contributed by atoms with E-state index < -0.39 is 4.92 Å². The van der Waals surface area contributed by atoms with Gasteiger partial charge in [0.15, 0.2) is 5.96 Å². The summed E-state index contributed by atoms with van der Waals surface area (Å²) in [4.78, 5) is 18.2. The number of aromatic nitrogens is 2. The standard InChI is InChI=1S/C15H22N6O2S/c1-3-16-15(19(2)8-6-14-5-4-10-24-14)17-7-9-20-12-13(11-18-20)21(22)23/h4-5,10-12H,3,6-9H2,1-2H3,(H,16,17). The second-order valence-electron chi connectivity index (χ2n) is 5.21. The number of rotatable bonds is 8. The van der Waals surface area contributed by atoms with Crippen LogP contribution in [0.15, 0.2) is 34.9 Å². The Hall–Kier alpha value is -2.42. The highest BCUT2D eigenvalue weighted by atomic mass is 32.1. The molecule has 2 rings (SSSR count). The van der Waals surface area contributed by atoms with E-state index >= 15 is 0 Å². The average molecular weight is 350 g/mol. The van der Waals surface area contributed by atoms with Crippen LogP contribution in [-0.4, -0.2) is 52.2 Å². The lowest BCUT2D eigenvalue weighted by atomic mass is 10.3. The number of hydrogen-bond donors (Lipinski definition) is 1. The van der Waals surface area contributed by atoms with E-state index in [1.807, 2.05) is 14.0 Å². The molecule has 0 bridgehead atoms. The highest BCUT2D eigenvalue weighted by Crippen LogP contribution is 2.09. The zero-order valence-electron chi connectivity index (χ0n) is 13.9. The summed E-state index contributed by atoms with van der Waals surface area (Å²) in [7, 11) is 2.01. The summed E-state index contributed by atoms with van der Waals surface area (Å²) in [6, 6.07) is 4.19. The van der Waals surface area contributed by atoms with Gasteiger partial charge in [0.2, 0.25) is 0 Å². The summed E-state index contributed by atoms with van der Waals surface area (Å²) >= 11 is 1.76. The van der Waals surface area contributed by atoms with Crippen molar-refractivity contribution in [1.29, 1.82) is 0 Å². The molecule has 8 nitrogen and oxygen atoms in total. The van der Waals surface area contributed by atoms with Crippen molar-refractivity contribution in [2.24, 2.45) is 4.99 Å². The molecule has 0 amide bonds. The number of nitro groups is 1. The summed E-state index contributed by atoms with van der Waals surface area (Å²) in [6.45, 7) is 4.69. The normalized spacial score (nSPS) is 11.5. The molecule has 0 saturated heterocycles. The molecule has 0 aliphatic carbocycles. The molecule has 0 atom stereocenters. The van der Waals surface area contributed by atoms with E-state index in [0.717, 1.165) is 25.5 Å². The fraction of sp³-hybridized carbons (Fsp3) is 0.467. The zero-order chi connectivity index (χ0) is 17.4. The van der Waals surface area contributed by atoms with Crippen molar-refractivity contribution in [2.45, 2.75) is 19.9 Å². The lowest BCUT2D eigenvalue weighted by molar-refractivity contribution is -0.385. The van der Waals surface area contributed by atoms with Crippen LogP contribution in [0.25, 0.3) is 0 Å². The second-order valence-corrected chi connectivity index (χ2v) is 6.24. The third kappa shape index (κ3) is 5.34. The Balaban J connectivity index is 1.87. The van der Waals surface area contributed by atoms with Gasteiger partial charge < -0.3 is 10.2 Å². The first-order valence-electron chi connectivity index (χ1n) is 7.78. The van der Waals surface area contributed by atoms with Crippen molar-refractivity contribution >= 4 is 23.0 Å². The predicted octanol–water partition coefficient (Wildman–Crippen LogP) is 1.99. The maximum Gasteiger partial charge on any atom is 0.306 e.